The summed E-state index contributed by atoms with van der Waals surface area (Å²) in [6.07, 6.45) is 0. The maximum absolute atomic E-state index is 5.99. The number of hydrogen-bond donors (Lipinski definition) is 1. The lowest BCUT2D eigenvalue weighted by Gasteiger charge is -2.33. The summed E-state index contributed by atoms with van der Waals surface area (Å²) in [5.74, 6) is 1.54. The third-order valence-corrected chi connectivity index (χ3v) is 4.96. The maximum Gasteiger partial charge on any atom is 0.229 e. The van der Waals surface area contributed by atoms with Gasteiger partial charge in [-0.05, 0) is 31.3 Å². The van der Waals surface area contributed by atoms with Crippen molar-refractivity contribution in [1.82, 2.24) is 14.9 Å². The van der Waals surface area contributed by atoms with Crippen molar-refractivity contribution < 1.29 is 0 Å². The fraction of sp³-hybridized carbons (Fsp3) is 0.238. The third kappa shape index (κ3) is 4.38. The zero-order valence-corrected chi connectivity index (χ0v) is 16.0. The van der Waals surface area contributed by atoms with Gasteiger partial charge in [-0.25, -0.2) is 4.98 Å². The summed E-state index contributed by atoms with van der Waals surface area (Å²) in [5, 5.41) is 4.02. The fourth-order valence-corrected chi connectivity index (χ4v) is 3.23. The molecule has 6 heteroatoms. The Morgan fingerprint density at radius 2 is 1.59 bits per heavy atom. The number of aromatic nitrogens is 2. The van der Waals surface area contributed by atoms with Crippen LogP contribution in [0.4, 0.5) is 17.5 Å². The monoisotopic (exact) mass is 379 g/mol. The normalized spacial score (nSPS) is 15.0. The minimum atomic E-state index is 0.590. The zero-order chi connectivity index (χ0) is 18.6. The number of nitrogens with zero attached hydrogens (tertiary/aromatic N) is 4. The molecular weight excluding hydrogens is 358 g/mol. The van der Waals surface area contributed by atoms with Gasteiger partial charge in [-0.1, -0.05) is 41.9 Å². The molecule has 27 heavy (non-hydrogen) atoms. The highest BCUT2D eigenvalue weighted by atomic mass is 35.5. The molecule has 1 N–H and O–H groups in total. The number of likely N-dealkylation sites (N-methyl/N-ethyl adjacent to an activating group) is 1. The highest BCUT2D eigenvalue weighted by Gasteiger charge is 2.17. The first kappa shape index (κ1) is 17.8. The van der Waals surface area contributed by atoms with Crippen LogP contribution in [-0.4, -0.2) is 48.1 Å². The van der Waals surface area contributed by atoms with Crippen LogP contribution in [0.5, 0.6) is 0 Å². The van der Waals surface area contributed by atoms with Crippen molar-refractivity contribution in [2.75, 3.05) is 43.4 Å². The molecular formula is C21H22ClN5. The van der Waals surface area contributed by atoms with Crippen LogP contribution in [0.15, 0.2) is 60.7 Å². The summed E-state index contributed by atoms with van der Waals surface area (Å²) in [5.41, 5.74) is 2.90. The van der Waals surface area contributed by atoms with E-state index in [0.29, 0.717) is 11.0 Å². The van der Waals surface area contributed by atoms with E-state index >= 15 is 0 Å². The second kappa shape index (κ2) is 7.94. The average Bonchev–Trinajstić information content (AvgIpc) is 2.71. The van der Waals surface area contributed by atoms with E-state index in [1.165, 1.54) is 0 Å². The molecule has 138 valence electrons. The molecule has 1 aromatic heterocycles. The van der Waals surface area contributed by atoms with Crippen LogP contribution in [0, 0.1) is 0 Å². The summed E-state index contributed by atoms with van der Waals surface area (Å²) < 4.78 is 0. The molecule has 0 unspecified atom stereocenters. The summed E-state index contributed by atoms with van der Waals surface area (Å²) in [7, 11) is 2.15. The Morgan fingerprint density at radius 3 is 2.30 bits per heavy atom. The molecule has 2 aromatic carbocycles. The van der Waals surface area contributed by atoms with Crippen molar-refractivity contribution in [2.45, 2.75) is 0 Å². The Kier molecular flexibility index (Phi) is 5.23. The molecule has 1 saturated heterocycles. The van der Waals surface area contributed by atoms with Crippen molar-refractivity contribution in [3.05, 3.63) is 65.7 Å². The van der Waals surface area contributed by atoms with Crippen molar-refractivity contribution in [3.63, 3.8) is 0 Å². The van der Waals surface area contributed by atoms with Gasteiger partial charge in [0.1, 0.15) is 5.82 Å². The van der Waals surface area contributed by atoms with Gasteiger partial charge in [0.15, 0.2) is 0 Å². The Balaban J connectivity index is 1.69. The number of rotatable bonds is 4. The fourth-order valence-electron chi connectivity index (χ4n) is 3.11. The van der Waals surface area contributed by atoms with E-state index in [2.05, 4.69) is 40.4 Å². The molecule has 0 atom stereocenters. The van der Waals surface area contributed by atoms with Gasteiger partial charge in [0.2, 0.25) is 5.95 Å². The molecule has 1 aliphatic rings. The van der Waals surface area contributed by atoms with Crippen LogP contribution in [0.25, 0.3) is 11.3 Å². The van der Waals surface area contributed by atoms with Gasteiger partial charge in [-0.15, -0.1) is 0 Å². The van der Waals surface area contributed by atoms with E-state index < -0.39 is 0 Å². The van der Waals surface area contributed by atoms with Crippen molar-refractivity contribution >= 4 is 29.1 Å². The van der Waals surface area contributed by atoms with Crippen LogP contribution in [-0.2, 0) is 0 Å². The van der Waals surface area contributed by atoms with Crippen LogP contribution < -0.4 is 10.2 Å². The molecule has 0 bridgehead atoms. The van der Waals surface area contributed by atoms with Crippen molar-refractivity contribution in [3.8, 4) is 11.3 Å². The molecule has 0 spiro atoms. The first-order valence-corrected chi connectivity index (χ1v) is 9.46. The molecule has 5 nitrogen and oxygen atoms in total. The third-order valence-electron chi connectivity index (χ3n) is 4.71. The molecule has 1 aliphatic heterocycles. The summed E-state index contributed by atoms with van der Waals surface area (Å²) in [6, 6.07) is 19.8. The van der Waals surface area contributed by atoms with Gasteiger partial charge >= 0.3 is 0 Å². The van der Waals surface area contributed by atoms with E-state index in [0.717, 1.165) is 48.9 Å². The Hall–Kier alpha value is -2.63. The smallest absolute Gasteiger partial charge is 0.229 e. The van der Waals surface area contributed by atoms with Crippen LogP contribution in [0.3, 0.4) is 0 Å². The summed E-state index contributed by atoms with van der Waals surface area (Å²) in [4.78, 5) is 14.2. The number of nitrogens with one attached hydrogen (secondary N) is 1. The predicted molar refractivity (Wildman–Crippen MR) is 112 cm³/mol. The summed E-state index contributed by atoms with van der Waals surface area (Å²) >= 11 is 5.99. The van der Waals surface area contributed by atoms with Gasteiger partial charge in [-0.3, -0.25) is 0 Å². The number of anilines is 3. The minimum Gasteiger partial charge on any atom is -0.354 e. The van der Waals surface area contributed by atoms with Gasteiger partial charge < -0.3 is 15.1 Å². The highest BCUT2D eigenvalue weighted by molar-refractivity contribution is 6.30. The Bertz CT molecular complexity index is 890. The number of piperazine rings is 1. The lowest BCUT2D eigenvalue weighted by Crippen LogP contribution is -2.44. The SMILES string of the molecule is CN1CCN(c2cc(-c3ccccc3)nc(Nc3ccc(Cl)cc3)n2)CC1. The molecule has 1 fully saturated rings. The van der Waals surface area contributed by atoms with Gasteiger partial charge in [0.05, 0.1) is 5.69 Å². The van der Waals surface area contributed by atoms with E-state index in [-0.39, 0.29) is 0 Å². The largest absolute Gasteiger partial charge is 0.354 e. The highest BCUT2D eigenvalue weighted by Crippen LogP contribution is 2.26. The van der Waals surface area contributed by atoms with E-state index in [1.54, 1.807) is 0 Å². The van der Waals surface area contributed by atoms with E-state index in [9.17, 15) is 0 Å². The summed E-state index contributed by atoms with van der Waals surface area (Å²) in [6.45, 7) is 3.99. The predicted octanol–water partition coefficient (Wildman–Crippen LogP) is 4.29. The minimum absolute atomic E-state index is 0.590. The van der Waals surface area contributed by atoms with Crippen LogP contribution in [0.1, 0.15) is 0 Å². The number of hydrogen-bond acceptors (Lipinski definition) is 5. The van der Waals surface area contributed by atoms with Gasteiger partial charge in [0, 0.05) is 48.5 Å². The lowest BCUT2D eigenvalue weighted by atomic mass is 10.1. The van der Waals surface area contributed by atoms with Crippen LogP contribution >= 0.6 is 11.6 Å². The molecule has 0 radical (unpaired) electrons. The van der Waals surface area contributed by atoms with E-state index in [1.807, 2.05) is 42.5 Å². The molecule has 2 heterocycles. The van der Waals surface area contributed by atoms with Crippen molar-refractivity contribution in [2.24, 2.45) is 0 Å². The molecule has 3 aromatic rings. The maximum atomic E-state index is 5.99. The first-order chi connectivity index (χ1) is 13.2. The average molecular weight is 380 g/mol. The molecule has 0 aliphatic carbocycles. The van der Waals surface area contributed by atoms with Crippen molar-refractivity contribution in [1.29, 1.82) is 0 Å². The van der Waals surface area contributed by atoms with Gasteiger partial charge in [-0.2, -0.15) is 4.98 Å². The Labute approximate surface area is 164 Å². The Morgan fingerprint density at radius 1 is 0.889 bits per heavy atom. The van der Waals surface area contributed by atoms with E-state index in [4.69, 9.17) is 21.6 Å². The van der Waals surface area contributed by atoms with Gasteiger partial charge in [0.25, 0.3) is 0 Å². The topological polar surface area (TPSA) is 44.3 Å². The molecule has 4 rings (SSSR count). The lowest BCUT2D eigenvalue weighted by molar-refractivity contribution is 0.312. The second-order valence-corrected chi connectivity index (χ2v) is 7.16. The second-order valence-electron chi connectivity index (χ2n) is 6.72. The van der Waals surface area contributed by atoms with Crippen LogP contribution in [0.2, 0.25) is 5.02 Å². The number of halogens is 1. The quantitative estimate of drug-likeness (QED) is 0.732. The first-order valence-electron chi connectivity index (χ1n) is 9.08. The molecule has 0 saturated carbocycles. The molecule has 0 amide bonds. The standard InChI is InChI=1S/C21H22ClN5/c1-26-11-13-27(14-12-26)20-15-19(16-5-3-2-4-6-16)24-21(25-20)23-18-9-7-17(22)8-10-18/h2-10,15H,11-14H2,1H3,(H,23,24,25). The number of benzene rings is 2. The zero-order valence-electron chi connectivity index (χ0n) is 15.3.